The number of rotatable bonds is 7. The molecule has 0 aliphatic heterocycles. The normalized spacial score (nSPS) is 11.2. The van der Waals surface area contributed by atoms with Gasteiger partial charge in [-0.25, -0.2) is 4.98 Å². The van der Waals surface area contributed by atoms with Gasteiger partial charge in [-0.05, 0) is 18.6 Å². The van der Waals surface area contributed by atoms with Gasteiger partial charge >= 0.3 is 0 Å². The molecule has 0 saturated carbocycles. The highest BCUT2D eigenvalue weighted by molar-refractivity contribution is 6.32. The summed E-state index contributed by atoms with van der Waals surface area (Å²) in [6.07, 6.45) is 0. The highest BCUT2D eigenvalue weighted by atomic mass is 35.5. The molecule has 0 unspecified atom stereocenters. The lowest BCUT2D eigenvalue weighted by molar-refractivity contribution is -0.130. The Morgan fingerprint density at radius 2 is 2.00 bits per heavy atom. The van der Waals surface area contributed by atoms with Crippen LogP contribution in [0.3, 0.4) is 0 Å². The summed E-state index contributed by atoms with van der Waals surface area (Å²) in [6.45, 7) is 4.00. The molecule has 0 atom stereocenters. The molecule has 24 heavy (non-hydrogen) atoms. The first-order chi connectivity index (χ1) is 11.4. The van der Waals surface area contributed by atoms with E-state index in [1.54, 1.807) is 26.1 Å². The third kappa shape index (κ3) is 4.44. The summed E-state index contributed by atoms with van der Waals surface area (Å²) < 4.78 is 5.16. The summed E-state index contributed by atoms with van der Waals surface area (Å²) in [5, 5.41) is 1.72. The molecule has 0 aliphatic rings. The first kappa shape index (κ1) is 18.6. The van der Waals surface area contributed by atoms with Gasteiger partial charge in [0.2, 0.25) is 5.91 Å². The van der Waals surface area contributed by atoms with E-state index < -0.39 is 0 Å². The molecule has 1 amide bonds. The van der Waals surface area contributed by atoms with Gasteiger partial charge in [-0.15, -0.1) is 0 Å². The molecular weight excluding hydrogens is 326 g/mol. The summed E-state index contributed by atoms with van der Waals surface area (Å²) in [7, 11) is 5.15. The van der Waals surface area contributed by atoms with Crippen LogP contribution in [0.1, 0.15) is 11.3 Å². The first-order valence-electron chi connectivity index (χ1n) is 7.89. The second-order valence-corrected chi connectivity index (χ2v) is 6.38. The number of ether oxygens (including phenoxy) is 1. The van der Waals surface area contributed by atoms with E-state index in [0.717, 1.165) is 22.2 Å². The van der Waals surface area contributed by atoms with Crippen molar-refractivity contribution in [2.24, 2.45) is 0 Å². The number of amides is 1. The molecule has 0 N–H and O–H groups in total. The van der Waals surface area contributed by atoms with Crippen LogP contribution >= 0.6 is 11.6 Å². The lowest BCUT2D eigenvalue weighted by Crippen LogP contribution is -2.38. The van der Waals surface area contributed by atoms with Crippen LogP contribution in [-0.4, -0.2) is 61.6 Å². The SMILES string of the molecule is COCCN(CC(=O)N(C)C)Cc1nc2ccccc2c(C)c1Cl. The van der Waals surface area contributed by atoms with Gasteiger partial charge < -0.3 is 9.64 Å². The maximum absolute atomic E-state index is 12.1. The molecule has 0 radical (unpaired) electrons. The zero-order valence-electron chi connectivity index (χ0n) is 14.7. The maximum atomic E-state index is 12.1. The highest BCUT2D eigenvalue weighted by Gasteiger charge is 2.17. The second-order valence-electron chi connectivity index (χ2n) is 6.01. The fourth-order valence-corrected chi connectivity index (χ4v) is 2.70. The number of halogens is 1. The van der Waals surface area contributed by atoms with Crippen molar-refractivity contribution < 1.29 is 9.53 Å². The molecular formula is C18H24ClN3O2. The minimum atomic E-state index is 0.0414. The average molecular weight is 350 g/mol. The highest BCUT2D eigenvalue weighted by Crippen LogP contribution is 2.27. The Kier molecular flexibility index (Phi) is 6.54. The molecule has 0 bridgehead atoms. The van der Waals surface area contributed by atoms with E-state index in [-0.39, 0.29) is 5.91 Å². The summed E-state index contributed by atoms with van der Waals surface area (Å²) in [6, 6.07) is 7.94. The standard InChI is InChI=1S/C18H24ClN3O2/c1-13-14-7-5-6-8-15(14)20-16(18(13)19)11-22(9-10-24-4)12-17(23)21(2)3/h5-8H,9-12H2,1-4H3. The number of hydrogen-bond acceptors (Lipinski definition) is 4. The van der Waals surface area contributed by atoms with Gasteiger partial charge in [0.05, 0.1) is 29.4 Å². The van der Waals surface area contributed by atoms with Crippen LogP contribution < -0.4 is 0 Å². The topological polar surface area (TPSA) is 45.7 Å². The number of carbonyl (C=O) groups excluding carboxylic acids is 1. The van der Waals surface area contributed by atoms with Gasteiger partial charge in [-0.1, -0.05) is 29.8 Å². The number of nitrogens with zero attached hydrogens (tertiary/aromatic N) is 3. The van der Waals surface area contributed by atoms with Crippen LogP contribution in [0.4, 0.5) is 0 Å². The van der Waals surface area contributed by atoms with Gasteiger partial charge in [-0.3, -0.25) is 9.69 Å². The Labute approximate surface area is 148 Å². The molecule has 2 aromatic rings. The fourth-order valence-electron chi connectivity index (χ4n) is 2.50. The molecule has 1 heterocycles. The van der Waals surface area contributed by atoms with Crippen molar-refractivity contribution in [1.29, 1.82) is 0 Å². The van der Waals surface area contributed by atoms with Crippen LogP contribution in [0, 0.1) is 6.92 Å². The monoisotopic (exact) mass is 349 g/mol. The first-order valence-corrected chi connectivity index (χ1v) is 8.27. The van der Waals surface area contributed by atoms with E-state index in [9.17, 15) is 4.79 Å². The molecule has 0 aliphatic carbocycles. The van der Waals surface area contributed by atoms with Crippen LogP contribution in [0.5, 0.6) is 0 Å². The smallest absolute Gasteiger partial charge is 0.236 e. The number of likely N-dealkylation sites (N-methyl/N-ethyl adjacent to an activating group) is 1. The minimum Gasteiger partial charge on any atom is -0.383 e. The third-order valence-corrected chi connectivity index (χ3v) is 4.49. The Hall–Kier alpha value is -1.69. The van der Waals surface area contributed by atoms with E-state index in [2.05, 4.69) is 0 Å². The molecule has 0 fully saturated rings. The van der Waals surface area contributed by atoms with Crippen molar-refractivity contribution in [3.63, 3.8) is 0 Å². The predicted molar refractivity (Wildman–Crippen MR) is 97.3 cm³/mol. The number of benzene rings is 1. The lowest BCUT2D eigenvalue weighted by atomic mass is 10.1. The van der Waals surface area contributed by atoms with Crippen molar-refractivity contribution in [2.75, 3.05) is 40.9 Å². The Morgan fingerprint density at radius 3 is 2.67 bits per heavy atom. The molecule has 1 aromatic carbocycles. The van der Waals surface area contributed by atoms with E-state index in [0.29, 0.717) is 31.3 Å². The molecule has 130 valence electrons. The summed E-state index contributed by atoms with van der Waals surface area (Å²) in [4.78, 5) is 20.3. The number of pyridine rings is 1. The van der Waals surface area contributed by atoms with Crippen LogP contribution in [0.15, 0.2) is 24.3 Å². The molecule has 0 spiro atoms. The molecule has 0 saturated heterocycles. The number of methoxy groups -OCH3 is 1. The zero-order valence-corrected chi connectivity index (χ0v) is 15.4. The number of carbonyl (C=O) groups is 1. The van der Waals surface area contributed by atoms with Gasteiger partial charge in [0.15, 0.2) is 0 Å². The maximum Gasteiger partial charge on any atom is 0.236 e. The van der Waals surface area contributed by atoms with E-state index in [1.807, 2.05) is 36.1 Å². The fraction of sp³-hybridized carbons (Fsp3) is 0.444. The van der Waals surface area contributed by atoms with E-state index >= 15 is 0 Å². The average Bonchev–Trinajstić information content (AvgIpc) is 2.57. The van der Waals surface area contributed by atoms with Crippen molar-refractivity contribution in [2.45, 2.75) is 13.5 Å². The zero-order chi connectivity index (χ0) is 17.7. The summed E-state index contributed by atoms with van der Waals surface area (Å²) >= 11 is 6.53. The molecule has 1 aromatic heterocycles. The number of hydrogen-bond donors (Lipinski definition) is 0. The van der Waals surface area contributed by atoms with Crippen molar-refractivity contribution in [3.8, 4) is 0 Å². The third-order valence-electron chi connectivity index (χ3n) is 3.99. The second kappa shape index (κ2) is 8.42. The number of aromatic nitrogens is 1. The Morgan fingerprint density at radius 1 is 1.29 bits per heavy atom. The lowest BCUT2D eigenvalue weighted by Gasteiger charge is -2.23. The molecule has 6 heteroatoms. The van der Waals surface area contributed by atoms with Gasteiger partial charge in [0.1, 0.15) is 0 Å². The van der Waals surface area contributed by atoms with Crippen molar-refractivity contribution >= 4 is 28.4 Å². The summed E-state index contributed by atoms with van der Waals surface area (Å²) in [5.41, 5.74) is 2.72. The van der Waals surface area contributed by atoms with Gasteiger partial charge in [-0.2, -0.15) is 0 Å². The predicted octanol–water partition coefficient (Wildman–Crippen LogP) is 2.73. The van der Waals surface area contributed by atoms with Crippen LogP contribution in [0.2, 0.25) is 5.02 Å². The number of fused-ring (bicyclic) bond motifs is 1. The van der Waals surface area contributed by atoms with E-state index in [4.69, 9.17) is 21.3 Å². The van der Waals surface area contributed by atoms with Crippen molar-refractivity contribution in [3.05, 3.63) is 40.5 Å². The Bertz CT molecular complexity index is 719. The van der Waals surface area contributed by atoms with Crippen LogP contribution in [0.25, 0.3) is 10.9 Å². The number of aryl methyl sites for hydroxylation is 1. The quantitative estimate of drug-likeness (QED) is 0.771. The van der Waals surface area contributed by atoms with E-state index in [1.165, 1.54) is 0 Å². The largest absolute Gasteiger partial charge is 0.383 e. The van der Waals surface area contributed by atoms with Gasteiger partial charge in [0.25, 0.3) is 0 Å². The van der Waals surface area contributed by atoms with Crippen LogP contribution in [-0.2, 0) is 16.1 Å². The summed E-state index contributed by atoms with van der Waals surface area (Å²) in [5.74, 6) is 0.0414. The van der Waals surface area contributed by atoms with Crippen molar-refractivity contribution in [1.82, 2.24) is 14.8 Å². The molecule has 2 rings (SSSR count). The number of para-hydroxylation sites is 1. The molecule has 5 nitrogen and oxygen atoms in total. The Balaban J connectivity index is 2.29. The van der Waals surface area contributed by atoms with Gasteiger partial charge in [0, 0.05) is 39.7 Å². The minimum absolute atomic E-state index is 0.0414.